The lowest BCUT2D eigenvalue weighted by atomic mass is 9.37. The van der Waals surface area contributed by atoms with Crippen molar-refractivity contribution in [1.82, 2.24) is 0 Å². The topological polar surface area (TPSA) is 35.5 Å². The van der Waals surface area contributed by atoms with Crippen molar-refractivity contribution in [3.8, 4) is 0 Å². The molecule has 0 heterocycles. The lowest BCUT2D eigenvalue weighted by Gasteiger charge is -2.72. The van der Waals surface area contributed by atoms with Crippen molar-refractivity contribution in [3.63, 3.8) is 0 Å². The Morgan fingerprint density at radius 2 is 2.04 bits per heavy atom. The molecule has 3 aliphatic rings. The molecule has 3 rings (SSSR count). The molecule has 0 amide bonds. The van der Waals surface area contributed by atoms with Crippen molar-refractivity contribution in [2.75, 3.05) is 6.61 Å². The van der Waals surface area contributed by atoms with E-state index in [1.807, 2.05) is 6.92 Å². The molecule has 0 bridgehead atoms. The van der Waals surface area contributed by atoms with Crippen molar-refractivity contribution in [2.24, 2.45) is 17.3 Å². The van der Waals surface area contributed by atoms with Crippen LogP contribution in [0.5, 0.6) is 0 Å². The van der Waals surface area contributed by atoms with E-state index < -0.39 is 13.9 Å². The summed E-state index contributed by atoms with van der Waals surface area (Å²) in [6.07, 6.45) is 7.70. The molecule has 1 saturated carbocycles. The molecule has 3 aliphatic carbocycles. The average Bonchev–Trinajstić information content (AvgIpc) is 2.88. The van der Waals surface area contributed by atoms with Gasteiger partial charge in [0.25, 0.3) is 0 Å². The van der Waals surface area contributed by atoms with E-state index in [2.05, 4.69) is 59.0 Å². The molecule has 4 heteroatoms. The van der Waals surface area contributed by atoms with Gasteiger partial charge in [-0.05, 0) is 37.4 Å². The van der Waals surface area contributed by atoms with Gasteiger partial charge in [0, 0.05) is 11.3 Å². The second-order valence-electron chi connectivity index (χ2n) is 8.96. The molecule has 0 aromatic carbocycles. The minimum Gasteiger partial charge on any atom is -0.463 e. The van der Waals surface area contributed by atoms with Crippen molar-refractivity contribution in [3.05, 3.63) is 23.8 Å². The van der Waals surface area contributed by atoms with Crippen LogP contribution < -0.4 is 0 Å². The molecule has 0 N–H and O–H groups in total. The van der Waals surface area contributed by atoms with Crippen LogP contribution in [0.3, 0.4) is 0 Å². The van der Waals surface area contributed by atoms with Crippen LogP contribution in [0.4, 0.5) is 0 Å². The van der Waals surface area contributed by atoms with E-state index in [9.17, 15) is 4.79 Å². The van der Waals surface area contributed by atoms with Crippen LogP contribution in [0.2, 0.25) is 18.1 Å². The van der Waals surface area contributed by atoms with Crippen LogP contribution in [0, 0.1) is 17.3 Å². The number of hydrogen-bond donors (Lipinski definition) is 0. The highest BCUT2D eigenvalue weighted by Crippen LogP contribution is 2.74. The average molecular weight is 335 g/mol. The number of allylic oxidation sites excluding steroid dienone is 2. The Hall–Kier alpha value is -0.873. The van der Waals surface area contributed by atoms with Crippen LogP contribution in [-0.2, 0) is 14.0 Å². The van der Waals surface area contributed by atoms with E-state index in [4.69, 9.17) is 9.16 Å². The number of rotatable bonds is 4. The SMILES string of the molecule is CCOC(=O)C1=C[C@]2(C)[C@H]3C=CC[C@H]3[C@]12O[Si](C)(C)C(C)(C)C. The first kappa shape index (κ1) is 17.0. The van der Waals surface area contributed by atoms with E-state index in [-0.39, 0.29) is 16.4 Å². The quantitative estimate of drug-likeness (QED) is 0.432. The van der Waals surface area contributed by atoms with E-state index >= 15 is 0 Å². The van der Waals surface area contributed by atoms with Gasteiger partial charge in [-0.15, -0.1) is 0 Å². The monoisotopic (exact) mass is 334 g/mol. The minimum atomic E-state index is -1.99. The third-order valence-electron chi connectivity index (χ3n) is 6.74. The van der Waals surface area contributed by atoms with Crippen molar-refractivity contribution >= 4 is 14.3 Å². The fourth-order valence-electron chi connectivity index (χ4n) is 4.48. The second-order valence-corrected chi connectivity index (χ2v) is 13.7. The summed E-state index contributed by atoms with van der Waals surface area (Å²) in [4.78, 5) is 12.5. The Morgan fingerprint density at radius 3 is 2.61 bits per heavy atom. The molecule has 23 heavy (non-hydrogen) atoms. The predicted octanol–water partition coefficient (Wildman–Crippen LogP) is 4.46. The number of ether oxygens (including phenoxy) is 1. The van der Waals surface area contributed by atoms with Gasteiger partial charge in [0.1, 0.15) is 5.60 Å². The van der Waals surface area contributed by atoms with Crippen molar-refractivity contribution in [2.45, 2.75) is 64.8 Å². The maximum atomic E-state index is 12.5. The summed E-state index contributed by atoms with van der Waals surface area (Å²) in [5.74, 6) is 0.713. The second kappa shape index (κ2) is 4.82. The zero-order valence-corrected chi connectivity index (χ0v) is 16.5. The van der Waals surface area contributed by atoms with Crippen LogP contribution >= 0.6 is 0 Å². The first-order chi connectivity index (χ1) is 10.5. The highest BCUT2D eigenvalue weighted by molar-refractivity contribution is 6.74. The number of esters is 1. The zero-order valence-electron chi connectivity index (χ0n) is 15.5. The van der Waals surface area contributed by atoms with E-state index in [1.165, 1.54) is 0 Å². The van der Waals surface area contributed by atoms with Gasteiger partial charge < -0.3 is 9.16 Å². The summed E-state index contributed by atoms with van der Waals surface area (Å²) in [6.45, 7) is 15.8. The molecule has 0 saturated heterocycles. The summed E-state index contributed by atoms with van der Waals surface area (Å²) in [5.41, 5.74) is 0.287. The van der Waals surface area contributed by atoms with Gasteiger partial charge in [-0.3, -0.25) is 0 Å². The van der Waals surface area contributed by atoms with Gasteiger partial charge in [0.05, 0.1) is 12.2 Å². The van der Waals surface area contributed by atoms with Gasteiger partial charge in [0.2, 0.25) is 0 Å². The highest BCUT2D eigenvalue weighted by atomic mass is 28.4. The Balaban J connectivity index is 1.99. The van der Waals surface area contributed by atoms with E-state index in [0.717, 1.165) is 12.0 Å². The van der Waals surface area contributed by atoms with Crippen molar-refractivity contribution < 1.29 is 14.0 Å². The zero-order chi connectivity index (χ0) is 17.3. The van der Waals surface area contributed by atoms with Gasteiger partial charge in [-0.2, -0.15) is 0 Å². The summed E-state index contributed by atoms with van der Waals surface area (Å²) in [6, 6.07) is 0. The van der Waals surface area contributed by atoms with Crippen LogP contribution in [0.15, 0.2) is 23.8 Å². The maximum Gasteiger partial charge on any atom is 0.336 e. The van der Waals surface area contributed by atoms with Crippen LogP contribution in [-0.4, -0.2) is 26.5 Å². The minimum absolute atomic E-state index is 0.0533. The smallest absolute Gasteiger partial charge is 0.336 e. The third-order valence-corrected chi connectivity index (χ3v) is 11.2. The fourth-order valence-corrected chi connectivity index (χ4v) is 6.07. The molecule has 0 aromatic heterocycles. The number of fused-ring (bicyclic) bond motifs is 4. The summed E-state index contributed by atoms with van der Waals surface area (Å²) >= 11 is 0. The predicted molar refractivity (Wildman–Crippen MR) is 94.6 cm³/mol. The Morgan fingerprint density at radius 1 is 1.39 bits per heavy atom. The van der Waals surface area contributed by atoms with Gasteiger partial charge >= 0.3 is 5.97 Å². The first-order valence-electron chi connectivity index (χ1n) is 8.78. The Labute approximate surface area is 141 Å². The molecular weight excluding hydrogens is 304 g/mol. The molecule has 0 aromatic rings. The number of hydrogen-bond acceptors (Lipinski definition) is 3. The van der Waals surface area contributed by atoms with Gasteiger partial charge in [0.15, 0.2) is 8.32 Å². The van der Waals surface area contributed by atoms with Gasteiger partial charge in [-0.25, -0.2) is 4.79 Å². The molecule has 0 aliphatic heterocycles. The maximum absolute atomic E-state index is 12.5. The Bertz CT molecular complexity index is 598. The Kier molecular flexibility index (Phi) is 3.56. The summed E-state index contributed by atoms with van der Waals surface area (Å²) in [5, 5.41) is 0.120. The molecular formula is C19H30O3Si. The third kappa shape index (κ3) is 1.94. The number of carbonyl (C=O) groups is 1. The lowest BCUT2D eigenvalue weighted by molar-refractivity contribution is -0.206. The largest absolute Gasteiger partial charge is 0.463 e. The molecule has 1 fully saturated rings. The fraction of sp³-hybridized carbons (Fsp3) is 0.737. The molecule has 0 unspecified atom stereocenters. The van der Waals surface area contributed by atoms with Crippen molar-refractivity contribution in [1.29, 1.82) is 0 Å². The standard InChI is InChI=1S/C19H30O3Si/c1-8-21-16(20)15-12-18(5)13-10-9-11-14(13)19(15,18)22-23(6,7)17(2,3)4/h9-10,12-14H,8,11H2,1-7H3/t13-,14+,18+,19-/m0/s1. The molecule has 0 spiro atoms. The molecule has 3 nitrogen and oxygen atoms in total. The molecule has 4 atom stereocenters. The van der Waals surface area contributed by atoms with Crippen LogP contribution in [0.1, 0.15) is 41.0 Å². The summed E-state index contributed by atoms with van der Waals surface area (Å²) in [7, 11) is -1.99. The van der Waals surface area contributed by atoms with E-state index in [1.54, 1.807) is 0 Å². The molecule has 0 radical (unpaired) electrons. The summed E-state index contributed by atoms with van der Waals surface area (Å²) < 4.78 is 12.3. The molecule has 128 valence electrons. The highest BCUT2D eigenvalue weighted by Gasteiger charge is 2.78. The first-order valence-corrected chi connectivity index (χ1v) is 11.7. The number of carbonyl (C=O) groups excluding carboxylic acids is 1. The lowest BCUT2D eigenvalue weighted by Crippen LogP contribution is -2.77. The van der Waals surface area contributed by atoms with E-state index in [0.29, 0.717) is 18.4 Å². The normalized spacial score (nSPS) is 38.1. The van der Waals surface area contributed by atoms with Crippen LogP contribution in [0.25, 0.3) is 0 Å². The van der Waals surface area contributed by atoms with Gasteiger partial charge in [-0.1, -0.05) is 45.9 Å².